The Kier molecular flexibility index (Phi) is 6.74. The number of benzene rings is 2. The molecule has 0 radical (unpaired) electrons. The lowest BCUT2D eigenvalue weighted by molar-refractivity contribution is -0.137. The van der Waals surface area contributed by atoms with E-state index in [1.54, 1.807) is 30.5 Å². The zero-order valence-electron chi connectivity index (χ0n) is 16.9. The van der Waals surface area contributed by atoms with Gasteiger partial charge in [-0.05, 0) is 24.5 Å². The summed E-state index contributed by atoms with van der Waals surface area (Å²) in [5, 5.41) is 8.32. The number of alkyl halides is 3. The van der Waals surface area contributed by atoms with E-state index in [2.05, 4.69) is 10.3 Å². The number of nitrogens with zero attached hydrogens (tertiary/aromatic N) is 4. The van der Waals surface area contributed by atoms with E-state index in [-0.39, 0.29) is 12.6 Å². The summed E-state index contributed by atoms with van der Waals surface area (Å²) in [7, 11) is 2.91. The molecule has 0 N–H and O–H groups in total. The molecule has 0 amide bonds. The molecular weight excluding hydrogens is 433 g/mol. The Labute approximate surface area is 180 Å². The number of oxime groups is 1. The first-order valence-corrected chi connectivity index (χ1v) is 10.2. The Balaban J connectivity index is 1.87. The second kappa shape index (κ2) is 9.29. The van der Waals surface area contributed by atoms with Crippen molar-refractivity contribution in [3.05, 3.63) is 75.7 Å². The van der Waals surface area contributed by atoms with E-state index in [0.717, 1.165) is 28.6 Å². The second-order valence-corrected chi connectivity index (χ2v) is 7.10. The lowest BCUT2D eigenvalue weighted by Gasteiger charge is -2.11. The molecule has 2 aromatic carbocycles. The number of ether oxygens (including phenoxy) is 1. The van der Waals surface area contributed by atoms with Gasteiger partial charge in [0, 0.05) is 18.2 Å². The van der Waals surface area contributed by atoms with Crippen molar-refractivity contribution in [3.8, 4) is 11.7 Å². The van der Waals surface area contributed by atoms with Crippen LogP contribution in [0.25, 0.3) is 5.69 Å². The molecule has 0 saturated heterocycles. The van der Waals surface area contributed by atoms with Crippen LogP contribution in [0.2, 0.25) is 0 Å². The van der Waals surface area contributed by atoms with Crippen molar-refractivity contribution < 1.29 is 22.7 Å². The SMILES string of the molecule is COc1nn(C)c(=O)n1-c1ccccc1CO/N=C(\SC)c1cccc(C(F)(F)F)c1. The average Bonchev–Trinajstić information content (AvgIpc) is 3.04. The number of hydrogen-bond acceptors (Lipinski definition) is 6. The third-order valence-electron chi connectivity index (χ3n) is 4.31. The maximum Gasteiger partial charge on any atom is 0.416 e. The van der Waals surface area contributed by atoms with E-state index < -0.39 is 17.4 Å². The highest BCUT2D eigenvalue weighted by Crippen LogP contribution is 2.30. The van der Waals surface area contributed by atoms with Gasteiger partial charge in [-0.25, -0.2) is 14.0 Å². The molecule has 164 valence electrons. The summed E-state index contributed by atoms with van der Waals surface area (Å²) < 4.78 is 46.6. The van der Waals surface area contributed by atoms with Crippen LogP contribution in [0.3, 0.4) is 0 Å². The minimum Gasteiger partial charge on any atom is -0.467 e. The molecular formula is C20H19F3N4O3S. The van der Waals surface area contributed by atoms with E-state index in [0.29, 0.717) is 21.9 Å². The van der Waals surface area contributed by atoms with Gasteiger partial charge in [0.2, 0.25) is 0 Å². The fourth-order valence-corrected chi connectivity index (χ4v) is 3.32. The largest absolute Gasteiger partial charge is 0.467 e. The first-order valence-electron chi connectivity index (χ1n) is 8.96. The first kappa shape index (κ1) is 22.5. The summed E-state index contributed by atoms with van der Waals surface area (Å²) in [6, 6.07) is 11.9. The van der Waals surface area contributed by atoms with Crippen molar-refractivity contribution in [2.45, 2.75) is 12.8 Å². The van der Waals surface area contributed by atoms with Gasteiger partial charge in [-0.15, -0.1) is 16.9 Å². The van der Waals surface area contributed by atoms with Crippen molar-refractivity contribution in [1.29, 1.82) is 0 Å². The standard InChI is InChI=1S/C20H19F3N4O3S/c1-26-19(28)27(18(24-26)29-2)16-10-5-4-7-14(16)12-30-25-17(31-3)13-8-6-9-15(11-13)20(21,22)23/h4-11H,12H2,1-3H3/b25-17-. The molecule has 3 aromatic rings. The lowest BCUT2D eigenvalue weighted by Crippen LogP contribution is -2.22. The van der Waals surface area contributed by atoms with Gasteiger partial charge in [-0.1, -0.05) is 35.5 Å². The molecule has 0 aliphatic heterocycles. The van der Waals surface area contributed by atoms with E-state index in [1.165, 1.54) is 30.9 Å². The van der Waals surface area contributed by atoms with Crippen LogP contribution < -0.4 is 10.4 Å². The van der Waals surface area contributed by atoms with E-state index in [4.69, 9.17) is 9.57 Å². The summed E-state index contributed by atoms with van der Waals surface area (Å²) in [6.45, 7) is -0.0241. The molecule has 0 spiro atoms. The van der Waals surface area contributed by atoms with Gasteiger partial charge >= 0.3 is 17.9 Å². The molecule has 11 heteroatoms. The molecule has 3 rings (SSSR count). The topological polar surface area (TPSA) is 70.6 Å². The highest BCUT2D eigenvalue weighted by molar-refractivity contribution is 8.13. The van der Waals surface area contributed by atoms with Crippen LogP contribution in [0.4, 0.5) is 13.2 Å². The summed E-state index contributed by atoms with van der Waals surface area (Å²) in [4.78, 5) is 17.9. The number of thioether (sulfide) groups is 1. The van der Waals surface area contributed by atoms with Gasteiger partial charge in [-0.2, -0.15) is 13.2 Å². The van der Waals surface area contributed by atoms with Gasteiger partial charge < -0.3 is 9.57 Å². The summed E-state index contributed by atoms with van der Waals surface area (Å²) in [6.07, 6.45) is -2.76. The molecule has 1 aromatic heterocycles. The van der Waals surface area contributed by atoms with Gasteiger partial charge in [0.15, 0.2) is 0 Å². The molecule has 0 aliphatic rings. The second-order valence-electron chi connectivity index (χ2n) is 6.31. The van der Waals surface area contributed by atoms with Crippen LogP contribution in [0, 0.1) is 0 Å². The van der Waals surface area contributed by atoms with Crippen LogP contribution in [0.15, 0.2) is 58.5 Å². The molecule has 0 bridgehead atoms. The van der Waals surface area contributed by atoms with Gasteiger partial charge in [0.25, 0.3) is 0 Å². The number of para-hydroxylation sites is 1. The minimum absolute atomic E-state index is 0.0241. The minimum atomic E-state index is -4.45. The maximum atomic E-state index is 13.0. The number of hydrogen-bond donors (Lipinski definition) is 0. The molecule has 31 heavy (non-hydrogen) atoms. The fourth-order valence-electron chi connectivity index (χ4n) is 2.83. The molecule has 0 unspecified atom stereocenters. The molecule has 0 atom stereocenters. The zero-order valence-corrected chi connectivity index (χ0v) is 17.7. The lowest BCUT2D eigenvalue weighted by atomic mass is 10.1. The Hall–Kier alpha value is -3.21. The van der Waals surface area contributed by atoms with Gasteiger partial charge in [0.05, 0.1) is 18.4 Å². The third-order valence-corrected chi connectivity index (χ3v) is 5.00. The van der Waals surface area contributed by atoms with Gasteiger partial charge in [-0.3, -0.25) is 0 Å². The number of halogens is 3. The molecule has 1 heterocycles. The molecule has 7 nitrogen and oxygen atoms in total. The molecule has 0 saturated carbocycles. The normalized spacial score (nSPS) is 12.1. The summed E-state index contributed by atoms with van der Waals surface area (Å²) in [5.74, 6) is 0. The highest BCUT2D eigenvalue weighted by Gasteiger charge is 2.30. The molecule has 0 aliphatic carbocycles. The van der Waals surface area contributed by atoms with E-state index in [1.807, 2.05) is 0 Å². The Morgan fingerprint density at radius 3 is 2.61 bits per heavy atom. The maximum absolute atomic E-state index is 13.0. The Bertz CT molecular complexity index is 1160. The average molecular weight is 452 g/mol. The van der Waals surface area contributed by atoms with E-state index in [9.17, 15) is 18.0 Å². The van der Waals surface area contributed by atoms with E-state index >= 15 is 0 Å². The molecule has 0 fully saturated rings. The van der Waals surface area contributed by atoms with Crippen LogP contribution >= 0.6 is 11.8 Å². The van der Waals surface area contributed by atoms with Gasteiger partial charge in [0.1, 0.15) is 11.7 Å². The van der Waals surface area contributed by atoms with Crippen LogP contribution in [-0.4, -0.2) is 32.8 Å². The monoisotopic (exact) mass is 452 g/mol. The summed E-state index contributed by atoms with van der Waals surface area (Å²) in [5.41, 5.74) is 0.240. The third kappa shape index (κ3) is 4.93. The predicted octanol–water partition coefficient (Wildman–Crippen LogP) is 3.84. The zero-order chi connectivity index (χ0) is 22.6. The Morgan fingerprint density at radius 2 is 1.94 bits per heavy atom. The highest BCUT2D eigenvalue weighted by atomic mass is 32.2. The van der Waals surface area contributed by atoms with Crippen LogP contribution in [0.5, 0.6) is 6.01 Å². The number of rotatable bonds is 6. The smallest absolute Gasteiger partial charge is 0.416 e. The number of aryl methyl sites for hydroxylation is 1. The number of methoxy groups -OCH3 is 1. The Morgan fingerprint density at radius 1 is 1.19 bits per heavy atom. The first-order chi connectivity index (χ1) is 14.8. The van der Waals surface area contributed by atoms with Crippen molar-refractivity contribution >= 4 is 16.8 Å². The van der Waals surface area contributed by atoms with Crippen molar-refractivity contribution in [1.82, 2.24) is 14.3 Å². The van der Waals surface area contributed by atoms with Crippen LogP contribution in [0.1, 0.15) is 16.7 Å². The number of aromatic nitrogens is 3. The van der Waals surface area contributed by atoms with Crippen LogP contribution in [-0.2, 0) is 24.7 Å². The fraction of sp³-hybridized carbons (Fsp3) is 0.250. The summed E-state index contributed by atoms with van der Waals surface area (Å²) >= 11 is 1.16. The quantitative estimate of drug-likeness (QED) is 0.323. The predicted molar refractivity (Wildman–Crippen MR) is 112 cm³/mol. The van der Waals surface area contributed by atoms with Crippen molar-refractivity contribution in [2.24, 2.45) is 12.2 Å². The van der Waals surface area contributed by atoms with Crippen molar-refractivity contribution in [3.63, 3.8) is 0 Å². The van der Waals surface area contributed by atoms with Crippen molar-refractivity contribution in [2.75, 3.05) is 13.4 Å².